The van der Waals surface area contributed by atoms with E-state index in [0.29, 0.717) is 24.2 Å². The van der Waals surface area contributed by atoms with Gasteiger partial charge in [-0.3, -0.25) is 4.79 Å². The van der Waals surface area contributed by atoms with Crippen LogP contribution in [0.3, 0.4) is 0 Å². The number of carbonyl (C=O) groups excluding carboxylic acids is 1. The number of nitrogens with one attached hydrogen (secondary N) is 1. The van der Waals surface area contributed by atoms with Gasteiger partial charge in [0.1, 0.15) is 5.82 Å². The van der Waals surface area contributed by atoms with E-state index in [1.54, 1.807) is 20.0 Å². The predicted molar refractivity (Wildman–Crippen MR) is 65.9 cm³/mol. The van der Waals surface area contributed by atoms with Crippen molar-refractivity contribution in [3.63, 3.8) is 0 Å². The molecule has 2 N–H and O–H groups in total. The SMILES string of the molecule is Cc1cc(F)cc(C(=O)N(C)[C@@H]2CNC[C@H]2O)c1. The highest BCUT2D eigenvalue weighted by molar-refractivity contribution is 5.94. The minimum atomic E-state index is -0.575. The third-order valence-corrected chi connectivity index (χ3v) is 3.26. The fraction of sp³-hybridized carbons (Fsp3) is 0.462. The molecule has 0 aliphatic carbocycles. The Kier molecular flexibility index (Phi) is 3.63. The highest BCUT2D eigenvalue weighted by Crippen LogP contribution is 2.14. The van der Waals surface area contributed by atoms with E-state index >= 15 is 0 Å². The Bertz CT molecular complexity index is 444. The van der Waals surface area contributed by atoms with Crippen LogP contribution in [-0.4, -0.2) is 48.2 Å². The van der Waals surface area contributed by atoms with Gasteiger partial charge in [0.2, 0.25) is 0 Å². The Balaban J connectivity index is 2.19. The van der Waals surface area contributed by atoms with Crippen LogP contribution in [-0.2, 0) is 0 Å². The molecule has 1 aromatic rings. The lowest BCUT2D eigenvalue weighted by molar-refractivity contribution is 0.0580. The van der Waals surface area contributed by atoms with E-state index in [0.717, 1.165) is 0 Å². The molecule has 0 unspecified atom stereocenters. The van der Waals surface area contributed by atoms with Crippen LogP contribution < -0.4 is 5.32 Å². The fourth-order valence-corrected chi connectivity index (χ4v) is 2.26. The topological polar surface area (TPSA) is 52.6 Å². The van der Waals surface area contributed by atoms with Gasteiger partial charge in [-0.2, -0.15) is 0 Å². The molecule has 0 saturated carbocycles. The molecule has 1 aliphatic rings. The molecule has 4 nitrogen and oxygen atoms in total. The molecule has 1 aliphatic heterocycles. The summed E-state index contributed by atoms with van der Waals surface area (Å²) in [5, 5.41) is 12.7. The van der Waals surface area contributed by atoms with Crippen LogP contribution in [0.15, 0.2) is 18.2 Å². The maximum absolute atomic E-state index is 13.3. The van der Waals surface area contributed by atoms with Gasteiger partial charge in [0.15, 0.2) is 0 Å². The molecule has 1 aromatic carbocycles. The number of hydrogen-bond acceptors (Lipinski definition) is 3. The number of aliphatic hydroxyl groups is 1. The van der Waals surface area contributed by atoms with Crippen molar-refractivity contribution in [1.82, 2.24) is 10.2 Å². The number of aryl methyl sites for hydroxylation is 1. The van der Waals surface area contributed by atoms with Crippen molar-refractivity contribution >= 4 is 5.91 Å². The maximum atomic E-state index is 13.3. The summed E-state index contributed by atoms with van der Waals surface area (Å²) in [5.74, 6) is -0.692. The van der Waals surface area contributed by atoms with Gasteiger partial charge < -0.3 is 15.3 Å². The highest BCUT2D eigenvalue weighted by Gasteiger charge is 2.31. The van der Waals surface area contributed by atoms with Crippen LogP contribution in [0.5, 0.6) is 0 Å². The van der Waals surface area contributed by atoms with Crippen molar-refractivity contribution in [2.45, 2.75) is 19.1 Å². The molecule has 5 heteroatoms. The van der Waals surface area contributed by atoms with E-state index < -0.39 is 11.9 Å². The molecule has 1 fully saturated rings. The van der Waals surface area contributed by atoms with Crippen LogP contribution >= 0.6 is 0 Å². The molecule has 1 heterocycles. The van der Waals surface area contributed by atoms with E-state index in [-0.39, 0.29) is 11.9 Å². The second-order valence-corrected chi connectivity index (χ2v) is 4.73. The number of rotatable bonds is 2. The molecule has 0 aromatic heterocycles. The summed E-state index contributed by atoms with van der Waals surface area (Å²) in [6.07, 6.45) is -0.575. The number of amides is 1. The Labute approximate surface area is 105 Å². The van der Waals surface area contributed by atoms with Crippen LogP contribution in [0, 0.1) is 12.7 Å². The van der Waals surface area contributed by atoms with E-state index in [1.165, 1.54) is 17.0 Å². The average molecular weight is 252 g/mol. The summed E-state index contributed by atoms with van der Waals surface area (Å²) in [5.41, 5.74) is 1.02. The monoisotopic (exact) mass is 252 g/mol. The minimum absolute atomic E-state index is 0.263. The van der Waals surface area contributed by atoms with Crippen LogP contribution in [0.25, 0.3) is 0 Å². The zero-order valence-electron chi connectivity index (χ0n) is 10.5. The highest BCUT2D eigenvalue weighted by atomic mass is 19.1. The van der Waals surface area contributed by atoms with Crippen molar-refractivity contribution in [1.29, 1.82) is 0 Å². The maximum Gasteiger partial charge on any atom is 0.254 e. The number of aliphatic hydroxyl groups excluding tert-OH is 1. The van der Waals surface area contributed by atoms with Crippen LogP contribution in [0.4, 0.5) is 4.39 Å². The zero-order valence-corrected chi connectivity index (χ0v) is 10.5. The first-order valence-corrected chi connectivity index (χ1v) is 5.92. The minimum Gasteiger partial charge on any atom is -0.390 e. The predicted octanol–water partition coefficient (Wildman–Crippen LogP) is 0.539. The molecule has 2 rings (SSSR count). The van der Waals surface area contributed by atoms with Crippen molar-refractivity contribution in [3.8, 4) is 0 Å². The Morgan fingerprint density at radius 3 is 2.72 bits per heavy atom. The Morgan fingerprint density at radius 1 is 1.44 bits per heavy atom. The molecule has 0 spiro atoms. The van der Waals surface area contributed by atoms with Gasteiger partial charge in [-0.05, 0) is 30.7 Å². The van der Waals surface area contributed by atoms with Crippen molar-refractivity contribution < 1.29 is 14.3 Å². The number of likely N-dealkylation sites (N-methyl/N-ethyl adjacent to an activating group) is 1. The van der Waals surface area contributed by atoms with Crippen molar-refractivity contribution in [2.75, 3.05) is 20.1 Å². The van der Waals surface area contributed by atoms with E-state index in [2.05, 4.69) is 5.32 Å². The first-order chi connectivity index (χ1) is 8.49. The van der Waals surface area contributed by atoms with Gasteiger partial charge in [-0.15, -0.1) is 0 Å². The number of carbonyl (C=O) groups is 1. The average Bonchev–Trinajstić information content (AvgIpc) is 2.72. The molecule has 98 valence electrons. The summed E-state index contributed by atoms with van der Waals surface area (Å²) in [6.45, 7) is 2.77. The molecule has 18 heavy (non-hydrogen) atoms. The van der Waals surface area contributed by atoms with Gasteiger partial charge in [-0.1, -0.05) is 0 Å². The molecular formula is C13H17FN2O2. The smallest absolute Gasteiger partial charge is 0.254 e. The second-order valence-electron chi connectivity index (χ2n) is 4.73. The number of β-amino-alcohol motifs (C(OH)–C–C–N with tert-alkyl or cyclic N) is 1. The number of nitrogens with zero attached hydrogens (tertiary/aromatic N) is 1. The number of hydrogen-bond donors (Lipinski definition) is 2. The standard InChI is InChI=1S/C13H17FN2O2/c1-8-3-9(5-10(14)4-8)13(18)16(2)11-6-15-7-12(11)17/h3-5,11-12,15,17H,6-7H2,1-2H3/t11-,12-/m1/s1. The summed E-state index contributed by atoms with van der Waals surface area (Å²) in [4.78, 5) is 13.7. The summed E-state index contributed by atoms with van der Waals surface area (Å²) in [6, 6.07) is 3.99. The van der Waals surface area contributed by atoms with Crippen molar-refractivity contribution in [2.24, 2.45) is 0 Å². The van der Waals surface area contributed by atoms with Gasteiger partial charge >= 0.3 is 0 Å². The molecular weight excluding hydrogens is 235 g/mol. The normalized spacial score (nSPS) is 23.1. The Hall–Kier alpha value is -1.46. The van der Waals surface area contributed by atoms with E-state index in [9.17, 15) is 14.3 Å². The fourth-order valence-electron chi connectivity index (χ4n) is 2.26. The third-order valence-electron chi connectivity index (χ3n) is 3.26. The quantitative estimate of drug-likeness (QED) is 0.807. The lowest BCUT2D eigenvalue weighted by Gasteiger charge is -2.26. The molecule has 1 saturated heterocycles. The van der Waals surface area contributed by atoms with Crippen LogP contribution in [0.1, 0.15) is 15.9 Å². The molecule has 0 bridgehead atoms. The Morgan fingerprint density at radius 2 is 2.17 bits per heavy atom. The van der Waals surface area contributed by atoms with Crippen molar-refractivity contribution in [3.05, 3.63) is 35.1 Å². The first kappa shape index (κ1) is 13.0. The van der Waals surface area contributed by atoms with Gasteiger partial charge in [0.25, 0.3) is 5.91 Å². The molecule has 0 radical (unpaired) electrons. The largest absolute Gasteiger partial charge is 0.390 e. The molecule has 2 atom stereocenters. The van der Waals surface area contributed by atoms with E-state index in [1.807, 2.05) is 0 Å². The lowest BCUT2D eigenvalue weighted by atomic mass is 10.1. The lowest BCUT2D eigenvalue weighted by Crippen LogP contribution is -2.44. The van der Waals surface area contributed by atoms with Gasteiger partial charge in [0, 0.05) is 25.7 Å². The number of benzene rings is 1. The van der Waals surface area contributed by atoms with E-state index in [4.69, 9.17) is 0 Å². The molecule has 1 amide bonds. The summed E-state index contributed by atoms with van der Waals surface area (Å²) >= 11 is 0. The zero-order chi connectivity index (χ0) is 13.3. The second kappa shape index (κ2) is 5.04. The third kappa shape index (κ3) is 2.52. The number of halogens is 1. The summed E-state index contributed by atoms with van der Waals surface area (Å²) < 4.78 is 13.3. The first-order valence-electron chi connectivity index (χ1n) is 5.92. The van der Waals surface area contributed by atoms with Gasteiger partial charge in [-0.25, -0.2) is 4.39 Å². The van der Waals surface area contributed by atoms with Gasteiger partial charge in [0.05, 0.1) is 12.1 Å². The summed E-state index contributed by atoms with van der Waals surface area (Å²) in [7, 11) is 1.63. The van der Waals surface area contributed by atoms with Crippen LogP contribution in [0.2, 0.25) is 0 Å².